The van der Waals surface area contributed by atoms with Gasteiger partial charge in [-0.15, -0.1) is 0 Å². The van der Waals surface area contributed by atoms with Crippen molar-refractivity contribution < 1.29 is 42.7 Å². The Hall–Kier alpha value is -2.68. The van der Waals surface area contributed by atoms with Gasteiger partial charge in [0.2, 0.25) is 35.1 Å². The fraction of sp³-hybridized carbons (Fsp3) is 0.714. The van der Waals surface area contributed by atoms with Gasteiger partial charge >= 0.3 is 12.1 Å². The van der Waals surface area contributed by atoms with Crippen molar-refractivity contribution in [2.75, 3.05) is 13.2 Å². The number of benzene rings is 1. The lowest BCUT2D eigenvalue weighted by Gasteiger charge is -2.49. The van der Waals surface area contributed by atoms with Crippen LogP contribution in [0.1, 0.15) is 65.5 Å². The van der Waals surface area contributed by atoms with Crippen LogP contribution in [0.2, 0.25) is 0 Å². The first kappa shape index (κ1) is 44.3. The lowest BCUT2D eigenvalue weighted by molar-refractivity contribution is -0.329. The second-order valence-electron chi connectivity index (χ2n) is 13.2. The molecule has 24 N–H and O–H groups in total. The van der Waals surface area contributed by atoms with E-state index in [1.165, 1.54) is 0 Å². The van der Waals surface area contributed by atoms with Crippen LogP contribution in [0.4, 0.5) is 4.79 Å². The molecule has 0 saturated heterocycles. The fourth-order valence-corrected chi connectivity index (χ4v) is 3.27. The van der Waals surface area contributed by atoms with Gasteiger partial charge in [-0.2, -0.15) is 0 Å². The SMILES string of the molecule is CCC(C)(C)OCc1ccc(COC(=O)OCC(N)(N)OC(N)(N)C(N)(N)OC(N)(N)C(N)(N)OC(N)(N)COC(=O)C(C)(C)CC)cc1. The van der Waals surface area contributed by atoms with E-state index in [4.69, 9.17) is 102 Å². The number of hydrogen-bond donors (Lipinski definition) is 12. The van der Waals surface area contributed by atoms with E-state index in [0.717, 1.165) is 12.0 Å². The van der Waals surface area contributed by atoms with Gasteiger partial charge in [0.25, 0.3) is 0 Å². The number of ether oxygens (including phenoxy) is 7. The van der Waals surface area contributed by atoms with Crippen LogP contribution in [0.25, 0.3) is 0 Å². The van der Waals surface area contributed by atoms with E-state index in [9.17, 15) is 9.59 Å². The average Bonchev–Trinajstić information content (AvgIpc) is 2.95. The summed E-state index contributed by atoms with van der Waals surface area (Å²) in [6.07, 6.45) is 0.130. The van der Waals surface area contributed by atoms with E-state index in [0.29, 0.717) is 18.6 Å². The third-order valence-corrected chi connectivity index (χ3v) is 7.42. The molecule has 0 amide bonds. The van der Waals surface area contributed by atoms with Crippen LogP contribution in [-0.4, -0.2) is 66.0 Å². The summed E-state index contributed by atoms with van der Waals surface area (Å²) in [5.74, 6) is -16.9. The smallest absolute Gasteiger partial charge is 0.459 e. The number of rotatable bonds is 20. The molecule has 0 aliphatic rings. The van der Waals surface area contributed by atoms with Crippen molar-refractivity contribution in [1.29, 1.82) is 0 Å². The Kier molecular flexibility index (Phi) is 14.6. The molecule has 0 aliphatic carbocycles. The van der Waals surface area contributed by atoms with Crippen molar-refractivity contribution in [3.63, 3.8) is 0 Å². The summed E-state index contributed by atoms with van der Waals surface area (Å²) in [5, 5.41) is 0. The van der Waals surface area contributed by atoms with Crippen LogP contribution in [0.15, 0.2) is 24.3 Å². The number of carbonyl (C=O) groups excluding carboxylic acids is 2. The van der Waals surface area contributed by atoms with Crippen LogP contribution in [0.3, 0.4) is 0 Å². The molecule has 0 spiro atoms. The Morgan fingerprint density at radius 1 is 0.551 bits per heavy atom. The maximum atomic E-state index is 12.3. The molecule has 0 bridgehead atoms. The summed E-state index contributed by atoms with van der Waals surface area (Å²) in [6.45, 7) is 9.73. The van der Waals surface area contributed by atoms with E-state index in [1.54, 1.807) is 32.9 Å². The highest BCUT2D eigenvalue weighted by Crippen LogP contribution is 2.24. The van der Waals surface area contributed by atoms with E-state index in [2.05, 4.69) is 0 Å². The second kappa shape index (κ2) is 16.1. The van der Waals surface area contributed by atoms with Gasteiger partial charge in [-0.3, -0.25) is 73.6 Å². The molecule has 21 heteroatoms. The topological polar surface area (TPSA) is 411 Å². The molecular formula is C28H58N12O9. The number of nitrogens with two attached hydrogens (primary N) is 12. The minimum atomic E-state index is -2.92. The fourth-order valence-electron chi connectivity index (χ4n) is 3.27. The molecule has 0 heterocycles. The third-order valence-electron chi connectivity index (χ3n) is 7.42. The molecule has 21 nitrogen and oxygen atoms in total. The van der Waals surface area contributed by atoms with Gasteiger partial charge in [-0.05, 0) is 51.7 Å². The van der Waals surface area contributed by atoms with E-state index in [1.807, 2.05) is 32.9 Å². The largest absolute Gasteiger partial charge is 0.508 e. The van der Waals surface area contributed by atoms with E-state index >= 15 is 0 Å². The molecule has 1 aromatic rings. The normalized spacial score (nSPS) is 14.1. The van der Waals surface area contributed by atoms with Crippen LogP contribution in [-0.2, 0) is 51.2 Å². The highest BCUT2D eigenvalue weighted by Gasteiger charge is 2.56. The second-order valence-corrected chi connectivity index (χ2v) is 13.2. The molecular weight excluding hydrogens is 648 g/mol. The average molecular weight is 707 g/mol. The summed E-state index contributed by atoms with van der Waals surface area (Å²) >= 11 is 0. The quantitative estimate of drug-likeness (QED) is 0.0462. The van der Waals surface area contributed by atoms with Crippen molar-refractivity contribution in [2.24, 2.45) is 74.2 Å². The van der Waals surface area contributed by atoms with Crippen LogP contribution >= 0.6 is 0 Å². The van der Waals surface area contributed by atoms with Crippen molar-refractivity contribution in [3.8, 4) is 0 Å². The van der Waals surface area contributed by atoms with E-state index < -0.39 is 65.8 Å². The van der Waals surface area contributed by atoms with Gasteiger partial charge in [0.05, 0.1) is 17.6 Å². The molecule has 0 saturated carbocycles. The third kappa shape index (κ3) is 13.9. The molecule has 49 heavy (non-hydrogen) atoms. The predicted molar refractivity (Wildman–Crippen MR) is 177 cm³/mol. The first-order valence-corrected chi connectivity index (χ1v) is 15.2. The maximum Gasteiger partial charge on any atom is 0.508 e. The molecule has 0 unspecified atom stereocenters. The molecule has 0 aliphatic heterocycles. The number of carbonyl (C=O) groups is 2. The highest BCUT2D eigenvalue weighted by molar-refractivity contribution is 5.75. The van der Waals surface area contributed by atoms with Gasteiger partial charge in [-0.1, -0.05) is 38.1 Å². The number of hydrogen-bond acceptors (Lipinski definition) is 21. The van der Waals surface area contributed by atoms with Crippen LogP contribution in [0, 0.1) is 5.41 Å². The first-order valence-electron chi connectivity index (χ1n) is 15.2. The lowest BCUT2D eigenvalue weighted by Crippen LogP contribution is -2.89. The summed E-state index contributed by atoms with van der Waals surface area (Å²) in [7, 11) is 0. The molecule has 0 radical (unpaired) electrons. The van der Waals surface area contributed by atoms with Crippen molar-refractivity contribution in [1.82, 2.24) is 0 Å². The molecule has 1 aromatic carbocycles. The summed E-state index contributed by atoms with van der Waals surface area (Å²) in [6, 6.07) is 7.18. The monoisotopic (exact) mass is 706 g/mol. The van der Waals surface area contributed by atoms with Gasteiger partial charge in [-0.25, -0.2) is 4.79 Å². The Labute approximate surface area is 286 Å². The Bertz CT molecular complexity index is 1240. The summed E-state index contributed by atoms with van der Waals surface area (Å²) < 4.78 is 36.5. The number of esters is 1. The summed E-state index contributed by atoms with van der Waals surface area (Å²) in [5.41, 5.74) is 71.0. The Morgan fingerprint density at radius 3 is 1.35 bits per heavy atom. The predicted octanol–water partition coefficient (Wildman–Crippen LogP) is -3.50. The molecule has 1 rings (SSSR count). The molecule has 0 aromatic heterocycles. The molecule has 0 atom stereocenters. The maximum absolute atomic E-state index is 12.3. The highest BCUT2D eigenvalue weighted by atomic mass is 16.7. The van der Waals surface area contributed by atoms with E-state index in [-0.39, 0.29) is 12.2 Å². The Morgan fingerprint density at radius 2 is 0.939 bits per heavy atom. The van der Waals surface area contributed by atoms with Gasteiger partial charge in [0.15, 0.2) is 6.61 Å². The van der Waals surface area contributed by atoms with Crippen molar-refractivity contribution >= 4 is 12.1 Å². The first-order chi connectivity index (χ1) is 21.9. The minimum Gasteiger partial charge on any atom is -0.459 e. The standard InChI is InChI=1S/C28H58N12O9/c1-7-21(3,4)19(41)44-15-23(29,30)47-25(33,34)27(37,38)49-28(39,40)26(35,36)48-24(31,32)16-45-20(42)43-13-17-9-11-18(12-10-17)14-46-22(5,6)8-2/h9-12H,7-8,13-16,29-40H2,1-6H3. The van der Waals surface area contributed by atoms with Crippen molar-refractivity contribution in [2.45, 2.75) is 108 Å². The zero-order valence-electron chi connectivity index (χ0n) is 29.2. The Balaban J connectivity index is 2.78. The van der Waals surface area contributed by atoms with Crippen molar-refractivity contribution in [3.05, 3.63) is 35.4 Å². The molecule has 0 fully saturated rings. The minimum absolute atomic E-state index is 0.146. The molecule has 284 valence electrons. The van der Waals surface area contributed by atoms with Crippen LogP contribution in [0.5, 0.6) is 0 Å². The van der Waals surface area contributed by atoms with Gasteiger partial charge in [0.1, 0.15) is 13.2 Å². The van der Waals surface area contributed by atoms with Gasteiger partial charge < -0.3 is 33.2 Å². The zero-order chi connectivity index (χ0) is 38.3. The van der Waals surface area contributed by atoms with Crippen LogP contribution < -0.4 is 68.8 Å². The summed E-state index contributed by atoms with van der Waals surface area (Å²) in [4.78, 5) is 24.5. The lowest BCUT2D eigenvalue weighted by atomic mass is 9.91. The van der Waals surface area contributed by atoms with Gasteiger partial charge in [0, 0.05) is 0 Å². The zero-order valence-corrected chi connectivity index (χ0v) is 29.2.